The van der Waals surface area contributed by atoms with E-state index < -0.39 is 45.8 Å². The van der Waals surface area contributed by atoms with Crippen LogP contribution in [0.25, 0.3) is 0 Å². The van der Waals surface area contributed by atoms with Crippen LogP contribution in [0.15, 0.2) is 12.2 Å². The minimum atomic E-state index is -2.91. The first-order valence-electron chi connectivity index (χ1n) is 12.0. The third-order valence-electron chi connectivity index (χ3n) is 3.80. The van der Waals surface area contributed by atoms with Crippen LogP contribution in [0.3, 0.4) is 0 Å². The highest BCUT2D eigenvalue weighted by Gasteiger charge is 2.49. The highest BCUT2D eigenvalue weighted by atomic mass is 28.5. The van der Waals surface area contributed by atoms with Crippen molar-refractivity contribution in [2.24, 2.45) is 0 Å². The minimum Gasteiger partial charge on any atom is -0.458 e. The van der Waals surface area contributed by atoms with E-state index in [0.717, 1.165) is 0 Å². The topological polar surface area (TPSA) is 89.5 Å². The summed E-state index contributed by atoms with van der Waals surface area (Å²) in [6.45, 7) is 26.7. The molecule has 8 nitrogen and oxygen atoms in total. The van der Waals surface area contributed by atoms with Crippen LogP contribution < -0.4 is 0 Å². The summed E-state index contributed by atoms with van der Waals surface area (Å²) in [5.41, 5.74) is 0.287. The summed E-state index contributed by atoms with van der Waals surface area (Å²) in [7, 11) is -8.70. The lowest BCUT2D eigenvalue weighted by Gasteiger charge is -2.42. The molecule has 0 spiro atoms. The molecule has 0 saturated carbocycles. The highest BCUT2D eigenvalue weighted by molar-refractivity contribution is 6.90. The van der Waals surface area contributed by atoms with E-state index >= 15 is 0 Å². The molecule has 0 bridgehead atoms. The van der Waals surface area contributed by atoms with Crippen molar-refractivity contribution in [2.75, 3.05) is 19.8 Å². The van der Waals surface area contributed by atoms with Crippen molar-refractivity contribution in [3.05, 3.63) is 12.2 Å². The van der Waals surface area contributed by atoms with Gasteiger partial charge in [0.05, 0.1) is 6.61 Å². The predicted molar refractivity (Wildman–Crippen MR) is 145 cm³/mol. The molecule has 0 amide bonds. The number of esters is 2. The van der Waals surface area contributed by atoms with Gasteiger partial charge in [0.15, 0.2) is 31.1 Å². The molecule has 12 heteroatoms. The van der Waals surface area contributed by atoms with Gasteiger partial charge in [0, 0.05) is 24.6 Å². The Kier molecular flexibility index (Phi) is 14.0. The molecular weight excluding hydrogens is 505 g/mol. The second kappa shape index (κ2) is 14.2. The quantitative estimate of drug-likeness (QED) is 0.104. The molecule has 0 aromatic heterocycles. The first-order chi connectivity index (χ1) is 15.3. The van der Waals surface area contributed by atoms with Crippen LogP contribution >= 0.6 is 0 Å². The van der Waals surface area contributed by atoms with E-state index in [4.69, 9.17) is 26.6 Å². The van der Waals surface area contributed by atoms with Crippen molar-refractivity contribution in [3.8, 4) is 0 Å². The molecule has 0 heterocycles. The van der Waals surface area contributed by atoms with Crippen LogP contribution in [0, 0.1) is 0 Å². The molecule has 0 rings (SSSR count). The summed E-state index contributed by atoms with van der Waals surface area (Å²) in [6.07, 6.45) is 0.244. The van der Waals surface area contributed by atoms with Gasteiger partial charge in [-0.25, -0.2) is 4.79 Å². The Morgan fingerprint density at radius 1 is 0.824 bits per heavy atom. The molecule has 0 N–H and O–H groups in total. The van der Waals surface area contributed by atoms with Crippen molar-refractivity contribution >= 4 is 45.7 Å². The van der Waals surface area contributed by atoms with Gasteiger partial charge in [-0.1, -0.05) is 13.5 Å². The Labute approximate surface area is 211 Å². The van der Waals surface area contributed by atoms with Crippen molar-refractivity contribution in [3.63, 3.8) is 0 Å². The fourth-order valence-corrected chi connectivity index (χ4v) is 17.5. The van der Waals surface area contributed by atoms with Gasteiger partial charge in [0.1, 0.15) is 6.61 Å². The molecule has 1 atom stereocenters. The second-order valence-corrected chi connectivity index (χ2v) is 28.3. The molecule has 0 aromatic carbocycles. The molecule has 0 aromatic rings. The second-order valence-electron chi connectivity index (χ2n) is 11.3. The van der Waals surface area contributed by atoms with E-state index in [2.05, 4.69) is 65.5 Å². The Hall–Kier alpha value is -0.612. The SMILES string of the molecule is C=C(C)C(=O)OCC(COCCC[Si](O[Si](C)(C)C)(O[Si](C)(C)C)O[Si](C)(C)C)OC(=O)CC. The number of carbonyl (C=O) groups excluding carboxylic acids is 2. The largest absolute Gasteiger partial charge is 0.469 e. The zero-order chi connectivity index (χ0) is 26.8. The number of ether oxygens (including phenoxy) is 3. The van der Waals surface area contributed by atoms with Gasteiger partial charge in [-0.2, -0.15) is 0 Å². The maximum atomic E-state index is 11.8. The molecule has 0 aliphatic rings. The third-order valence-corrected chi connectivity index (χ3v) is 15.8. The van der Waals surface area contributed by atoms with Gasteiger partial charge in [-0.15, -0.1) is 0 Å². The minimum absolute atomic E-state index is 0.0771. The average molecular weight is 553 g/mol. The van der Waals surface area contributed by atoms with E-state index in [1.807, 2.05) is 0 Å². The number of rotatable bonds is 17. The molecule has 200 valence electrons. The summed E-state index contributed by atoms with van der Waals surface area (Å²) in [4.78, 5) is 23.5. The smallest absolute Gasteiger partial charge is 0.458 e. The third kappa shape index (κ3) is 16.9. The van der Waals surface area contributed by atoms with Crippen LogP contribution in [0.1, 0.15) is 26.7 Å². The monoisotopic (exact) mass is 552 g/mol. The Balaban J connectivity index is 5.19. The van der Waals surface area contributed by atoms with Crippen LogP contribution in [0.2, 0.25) is 65.0 Å². The van der Waals surface area contributed by atoms with E-state index in [9.17, 15) is 9.59 Å². The summed E-state index contributed by atoms with van der Waals surface area (Å²) in [5.74, 6) is -0.897. The van der Waals surface area contributed by atoms with Gasteiger partial charge in [-0.3, -0.25) is 4.79 Å². The van der Waals surface area contributed by atoms with E-state index in [0.29, 0.717) is 19.1 Å². The molecule has 0 fully saturated rings. The van der Waals surface area contributed by atoms with Gasteiger partial charge < -0.3 is 26.6 Å². The zero-order valence-corrected chi connectivity index (χ0v) is 27.3. The highest BCUT2D eigenvalue weighted by Crippen LogP contribution is 2.29. The standard InChI is InChI=1S/C22H48O8Si4/c1-13-21(23)27-20(18-26-22(24)19(2)3)17-25-15-14-16-34(28-31(4,5)6,29-32(7,8)9)30-33(10,11)12/h20H,2,13-18H2,1,3-12H3. The molecule has 1 unspecified atom stereocenters. The molecule has 0 radical (unpaired) electrons. The van der Waals surface area contributed by atoms with Crippen molar-refractivity contribution < 1.29 is 36.1 Å². The maximum Gasteiger partial charge on any atom is 0.469 e. The Bertz CT molecular complexity index is 624. The van der Waals surface area contributed by atoms with Crippen molar-refractivity contribution in [1.29, 1.82) is 0 Å². The Morgan fingerprint density at radius 3 is 1.68 bits per heavy atom. The molecular formula is C22H48O8Si4. The van der Waals surface area contributed by atoms with Gasteiger partial charge in [-0.05, 0) is 72.3 Å². The van der Waals surface area contributed by atoms with Crippen LogP contribution in [-0.4, -0.2) is 71.6 Å². The molecule has 0 aliphatic heterocycles. The van der Waals surface area contributed by atoms with Gasteiger partial charge in [0.2, 0.25) is 0 Å². The van der Waals surface area contributed by atoms with Crippen LogP contribution in [0.5, 0.6) is 0 Å². The summed E-state index contributed by atoms with van der Waals surface area (Å²) in [5, 5.41) is 0. The zero-order valence-electron chi connectivity index (χ0n) is 23.3. The lowest BCUT2D eigenvalue weighted by Crippen LogP contribution is -2.60. The van der Waals surface area contributed by atoms with Gasteiger partial charge >= 0.3 is 20.7 Å². The van der Waals surface area contributed by atoms with Crippen molar-refractivity contribution in [1.82, 2.24) is 0 Å². The number of hydrogen-bond donors (Lipinski definition) is 0. The maximum absolute atomic E-state index is 11.8. The molecule has 0 aliphatic carbocycles. The fourth-order valence-electron chi connectivity index (χ4n) is 2.90. The van der Waals surface area contributed by atoms with Crippen molar-refractivity contribution in [2.45, 2.75) is 97.8 Å². The lowest BCUT2D eigenvalue weighted by atomic mass is 10.3. The average Bonchev–Trinajstić information content (AvgIpc) is 2.60. The summed E-state index contributed by atoms with van der Waals surface area (Å²) >= 11 is 0. The van der Waals surface area contributed by atoms with E-state index in [1.54, 1.807) is 13.8 Å². The molecule has 34 heavy (non-hydrogen) atoms. The van der Waals surface area contributed by atoms with E-state index in [1.165, 1.54) is 0 Å². The Morgan fingerprint density at radius 2 is 1.29 bits per heavy atom. The first-order valence-corrected chi connectivity index (χ1v) is 24.1. The number of hydrogen-bond acceptors (Lipinski definition) is 8. The fraction of sp³-hybridized carbons (Fsp3) is 0.818. The van der Waals surface area contributed by atoms with Gasteiger partial charge in [0.25, 0.3) is 0 Å². The first kappa shape index (κ1) is 33.4. The van der Waals surface area contributed by atoms with Crippen LogP contribution in [0.4, 0.5) is 0 Å². The van der Waals surface area contributed by atoms with E-state index in [-0.39, 0.29) is 31.2 Å². The summed E-state index contributed by atoms with van der Waals surface area (Å²) < 4.78 is 36.3. The number of carbonyl (C=O) groups is 2. The predicted octanol–water partition coefficient (Wildman–Crippen LogP) is 5.33. The normalized spacial score (nSPS) is 14.0. The lowest BCUT2D eigenvalue weighted by molar-refractivity contribution is -0.160. The van der Waals surface area contributed by atoms with Crippen LogP contribution in [-0.2, 0) is 36.1 Å². The molecule has 0 saturated heterocycles. The summed E-state index contributed by atoms with van der Waals surface area (Å²) in [6, 6.07) is 0.663.